The fourth-order valence-electron chi connectivity index (χ4n) is 3.70. The molecule has 0 aliphatic carbocycles. The van der Waals surface area contributed by atoms with Crippen LogP contribution >= 0.6 is 0 Å². The lowest BCUT2D eigenvalue weighted by atomic mass is 9.91. The molecule has 0 aromatic heterocycles. The Bertz CT molecular complexity index is 1250. The Hall–Kier alpha value is -3.20. The largest absolute Gasteiger partial charge is 0.489 e. The minimum absolute atomic E-state index is 0.290. The first kappa shape index (κ1) is 23.0. The summed E-state index contributed by atoms with van der Waals surface area (Å²) < 4.78 is 41.0. The van der Waals surface area contributed by atoms with Crippen LogP contribution < -0.4 is 4.74 Å². The summed E-state index contributed by atoms with van der Waals surface area (Å²) in [4.78, 5) is 11.1. The number of hydrogen-bond acceptors (Lipinski definition) is 6. The molecule has 7 nitrogen and oxygen atoms in total. The lowest BCUT2D eigenvalue weighted by Crippen LogP contribution is -2.49. The van der Waals surface area contributed by atoms with E-state index in [1.807, 2.05) is 54.6 Å². The molecule has 172 valence electrons. The van der Waals surface area contributed by atoms with Crippen molar-refractivity contribution in [3.8, 4) is 16.9 Å². The maximum absolute atomic E-state index is 12.2. The number of hydrogen-bond donors (Lipinski definition) is 1. The van der Waals surface area contributed by atoms with Gasteiger partial charge in [-0.05, 0) is 41.0 Å². The summed E-state index contributed by atoms with van der Waals surface area (Å²) in [5.74, 6) is -0.378. The SMILES string of the molecule is CS(=O)(=O)c1ccccc1-c1cccc(COc2ccc(C3(OCC(=O)O)COC3)cc2)c1. The van der Waals surface area contributed by atoms with E-state index in [1.165, 1.54) is 6.26 Å². The van der Waals surface area contributed by atoms with Crippen LogP contribution in [0.15, 0.2) is 77.7 Å². The average molecular weight is 469 g/mol. The molecule has 1 aliphatic heterocycles. The Labute approximate surface area is 192 Å². The van der Waals surface area contributed by atoms with Gasteiger partial charge in [0, 0.05) is 11.8 Å². The maximum Gasteiger partial charge on any atom is 0.329 e. The second-order valence-electron chi connectivity index (χ2n) is 7.95. The number of aliphatic carboxylic acids is 1. The van der Waals surface area contributed by atoms with Gasteiger partial charge in [-0.2, -0.15) is 0 Å². The highest BCUT2D eigenvalue weighted by Gasteiger charge is 2.42. The van der Waals surface area contributed by atoms with Gasteiger partial charge in [-0.1, -0.05) is 48.5 Å². The summed E-state index contributed by atoms with van der Waals surface area (Å²) in [5, 5.41) is 8.90. The van der Waals surface area contributed by atoms with Crippen molar-refractivity contribution in [1.29, 1.82) is 0 Å². The van der Waals surface area contributed by atoms with Crippen LogP contribution in [0.1, 0.15) is 11.1 Å². The zero-order valence-electron chi connectivity index (χ0n) is 18.1. The van der Waals surface area contributed by atoms with E-state index in [1.54, 1.807) is 18.2 Å². The van der Waals surface area contributed by atoms with Crippen LogP contribution in [-0.4, -0.2) is 45.6 Å². The molecule has 8 heteroatoms. The summed E-state index contributed by atoms with van der Waals surface area (Å²) in [6, 6.07) is 21.8. The molecule has 0 spiro atoms. The van der Waals surface area contributed by atoms with Crippen LogP contribution in [0.4, 0.5) is 0 Å². The topological polar surface area (TPSA) is 99.1 Å². The minimum atomic E-state index is -3.36. The minimum Gasteiger partial charge on any atom is -0.489 e. The van der Waals surface area contributed by atoms with Crippen LogP contribution in [0, 0.1) is 0 Å². The van der Waals surface area contributed by atoms with Crippen molar-refractivity contribution < 1.29 is 32.5 Å². The third-order valence-electron chi connectivity index (χ3n) is 5.45. The van der Waals surface area contributed by atoms with Crippen molar-refractivity contribution in [2.75, 3.05) is 26.1 Å². The number of ether oxygens (including phenoxy) is 3. The molecule has 0 amide bonds. The summed E-state index contributed by atoms with van der Waals surface area (Å²) in [7, 11) is -3.36. The number of carboxylic acids is 1. The first-order valence-corrected chi connectivity index (χ1v) is 12.2. The van der Waals surface area contributed by atoms with Gasteiger partial charge in [0.25, 0.3) is 0 Å². The predicted octanol–water partition coefficient (Wildman–Crippen LogP) is 3.66. The highest BCUT2D eigenvalue weighted by Crippen LogP contribution is 2.35. The Morgan fingerprint density at radius 1 is 1.03 bits per heavy atom. The van der Waals surface area contributed by atoms with Crippen LogP contribution in [-0.2, 0) is 36.3 Å². The first-order chi connectivity index (χ1) is 15.8. The Kier molecular flexibility index (Phi) is 6.51. The van der Waals surface area contributed by atoms with E-state index in [4.69, 9.17) is 19.3 Å². The molecule has 1 aliphatic rings. The molecule has 0 atom stereocenters. The van der Waals surface area contributed by atoms with Gasteiger partial charge in [0.05, 0.1) is 18.1 Å². The third kappa shape index (κ3) is 5.24. The molecule has 4 rings (SSSR count). The Morgan fingerprint density at radius 3 is 2.39 bits per heavy atom. The van der Waals surface area contributed by atoms with Crippen LogP contribution in [0.3, 0.4) is 0 Å². The lowest BCUT2D eigenvalue weighted by molar-refractivity contribution is -0.220. The van der Waals surface area contributed by atoms with Gasteiger partial charge in [-0.25, -0.2) is 13.2 Å². The number of carboxylic acid groups (broad SMARTS) is 1. The summed E-state index contributed by atoms with van der Waals surface area (Å²) in [5.41, 5.74) is 2.45. The molecule has 3 aromatic rings. The molecule has 3 aromatic carbocycles. The summed E-state index contributed by atoms with van der Waals surface area (Å²) >= 11 is 0. The molecular weight excluding hydrogens is 444 g/mol. The zero-order chi connectivity index (χ0) is 23.5. The highest BCUT2D eigenvalue weighted by atomic mass is 32.2. The Balaban J connectivity index is 1.46. The number of benzene rings is 3. The van der Waals surface area contributed by atoms with E-state index in [-0.39, 0.29) is 11.5 Å². The molecule has 33 heavy (non-hydrogen) atoms. The average Bonchev–Trinajstić information content (AvgIpc) is 2.77. The fourth-order valence-corrected chi connectivity index (χ4v) is 4.61. The molecule has 1 heterocycles. The van der Waals surface area contributed by atoms with Crippen molar-refractivity contribution in [3.05, 3.63) is 83.9 Å². The fraction of sp³-hybridized carbons (Fsp3) is 0.240. The monoisotopic (exact) mass is 468 g/mol. The maximum atomic E-state index is 12.2. The molecule has 1 fully saturated rings. The van der Waals surface area contributed by atoms with E-state index in [2.05, 4.69) is 0 Å². The Morgan fingerprint density at radius 2 is 1.76 bits per heavy atom. The van der Waals surface area contributed by atoms with Gasteiger partial charge >= 0.3 is 5.97 Å². The van der Waals surface area contributed by atoms with E-state index in [9.17, 15) is 13.2 Å². The van der Waals surface area contributed by atoms with Gasteiger partial charge in [0.15, 0.2) is 9.84 Å². The number of sulfone groups is 1. The first-order valence-electron chi connectivity index (χ1n) is 10.3. The van der Waals surface area contributed by atoms with Crippen molar-refractivity contribution in [2.45, 2.75) is 17.1 Å². The van der Waals surface area contributed by atoms with Crippen molar-refractivity contribution >= 4 is 15.8 Å². The normalized spacial score (nSPS) is 14.9. The number of carbonyl (C=O) groups is 1. The van der Waals surface area contributed by atoms with Gasteiger partial charge in [-0.15, -0.1) is 0 Å². The molecule has 0 saturated carbocycles. The second-order valence-corrected chi connectivity index (χ2v) is 9.94. The quantitative estimate of drug-likeness (QED) is 0.512. The van der Waals surface area contributed by atoms with E-state index in [0.717, 1.165) is 16.7 Å². The number of rotatable bonds is 9. The zero-order valence-corrected chi connectivity index (χ0v) is 18.9. The van der Waals surface area contributed by atoms with Gasteiger partial charge in [0.1, 0.15) is 24.6 Å². The van der Waals surface area contributed by atoms with E-state index in [0.29, 0.717) is 31.1 Å². The summed E-state index contributed by atoms with van der Waals surface area (Å²) in [6.07, 6.45) is 1.20. The molecule has 0 radical (unpaired) electrons. The molecular formula is C25H24O7S. The third-order valence-corrected chi connectivity index (χ3v) is 6.61. The molecule has 1 saturated heterocycles. The predicted molar refractivity (Wildman–Crippen MR) is 122 cm³/mol. The standard InChI is InChI=1S/C25H24O7S/c1-33(28,29)23-8-3-2-7-22(23)19-6-4-5-18(13-19)14-31-21-11-9-20(10-12-21)25(16-30-17-25)32-15-24(26)27/h2-13H,14-17H2,1H3,(H,26,27). The van der Waals surface area contributed by atoms with Crippen molar-refractivity contribution in [3.63, 3.8) is 0 Å². The second kappa shape index (κ2) is 9.35. The summed E-state index contributed by atoms with van der Waals surface area (Å²) in [6.45, 7) is 0.531. The van der Waals surface area contributed by atoms with Crippen molar-refractivity contribution in [1.82, 2.24) is 0 Å². The molecule has 1 N–H and O–H groups in total. The van der Waals surface area contributed by atoms with Crippen LogP contribution in [0.5, 0.6) is 5.75 Å². The van der Waals surface area contributed by atoms with E-state index < -0.39 is 21.4 Å². The van der Waals surface area contributed by atoms with Crippen LogP contribution in [0.25, 0.3) is 11.1 Å². The van der Waals surface area contributed by atoms with Crippen molar-refractivity contribution in [2.24, 2.45) is 0 Å². The lowest BCUT2D eigenvalue weighted by Gasteiger charge is -2.41. The van der Waals surface area contributed by atoms with Gasteiger partial charge in [0.2, 0.25) is 0 Å². The molecule has 0 bridgehead atoms. The van der Waals surface area contributed by atoms with Gasteiger partial charge in [-0.3, -0.25) is 0 Å². The highest BCUT2D eigenvalue weighted by molar-refractivity contribution is 7.90. The van der Waals surface area contributed by atoms with E-state index >= 15 is 0 Å². The smallest absolute Gasteiger partial charge is 0.329 e. The molecule has 0 unspecified atom stereocenters. The van der Waals surface area contributed by atoms with Crippen LogP contribution in [0.2, 0.25) is 0 Å². The van der Waals surface area contributed by atoms with Gasteiger partial charge < -0.3 is 19.3 Å².